The van der Waals surface area contributed by atoms with Crippen molar-refractivity contribution in [2.45, 2.75) is 60.0 Å². The van der Waals surface area contributed by atoms with Crippen LogP contribution >= 0.6 is 16.4 Å². The molecule has 1 saturated heterocycles. The fourth-order valence-electron chi connectivity index (χ4n) is 2.40. The Hall–Kier alpha value is -0.690. The second kappa shape index (κ2) is 17.9. The summed E-state index contributed by atoms with van der Waals surface area (Å²) >= 11 is 0. The van der Waals surface area contributed by atoms with Crippen molar-refractivity contribution in [1.29, 1.82) is 0 Å². The van der Waals surface area contributed by atoms with Crippen LogP contribution in [0.25, 0.3) is 0 Å². The topological polar surface area (TPSA) is 86.1 Å². The summed E-state index contributed by atoms with van der Waals surface area (Å²) in [6, 6.07) is 10.6. The molecule has 3 atom stereocenters. The van der Waals surface area contributed by atoms with E-state index in [-0.39, 0.29) is 14.7 Å². The summed E-state index contributed by atoms with van der Waals surface area (Å²) in [7, 11) is -3.24. The minimum atomic E-state index is -2.90. The lowest BCUT2D eigenvalue weighted by Gasteiger charge is -2.17. The van der Waals surface area contributed by atoms with Crippen molar-refractivity contribution in [1.82, 2.24) is 10.2 Å². The van der Waals surface area contributed by atoms with Gasteiger partial charge in [-0.25, -0.2) is 18.4 Å². The summed E-state index contributed by atoms with van der Waals surface area (Å²) < 4.78 is 43.2. The van der Waals surface area contributed by atoms with Gasteiger partial charge in [-0.05, 0) is 53.5 Å². The summed E-state index contributed by atoms with van der Waals surface area (Å²) in [5.74, 6) is 0. The molecular weight excluding hydrogens is 426 g/mol. The molecule has 1 N–H and O–H groups in total. The first-order valence-corrected chi connectivity index (χ1v) is 12.6. The Morgan fingerprint density at radius 1 is 1.10 bits per heavy atom. The third-order valence-corrected chi connectivity index (χ3v) is 6.35. The van der Waals surface area contributed by atoms with Gasteiger partial charge in [0.15, 0.2) is 0 Å². The number of nitrogens with zero attached hydrogens (tertiary/aromatic N) is 1. The third-order valence-electron chi connectivity index (χ3n) is 3.81. The molecule has 1 aromatic carbocycles. The van der Waals surface area contributed by atoms with Gasteiger partial charge < -0.3 is 4.74 Å². The van der Waals surface area contributed by atoms with E-state index in [9.17, 15) is 9.13 Å². The van der Waals surface area contributed by atoms with E-state index in [4.69, 9.17) is 13.8 Å². The summed E-state index contributed by atoms with van der Waals surface area (Å²) in [6.07, 6.45) is 0.857. The lowest BCUT2D eigenvalue weighted by atomic mass is 10.1. The molecule has 174 valence electrons. The Kier molecular flexibility index (Phi) is 17.5. The first kappa shape index (κ1) is 29.3. The number of rotatable bonds is 12. The van der Waals surface area contributed by atoms with Crippen molar-refractivity contribution < 1.29 is 27.5 Å². The number of nitrogens with one attached hydrogen (secondary N) is 1. The minimum absolute atomic E-state index is 0.156. The number of benzene rings is 1. The van der Waals surface area contributed by atoms with Gasteiger partial charge >= 0.3 is 16.4 Å². The van der Waals surface area contributed by atoms with Crippen molar-refractivity contribution >= 4 is 16.4 Å². The molecule has 8 nitrogen and oxygen atoms in total. The van der Waals surface area contributed by atoms with Crippen molar-refractivity contribution in [3.05, 3.63) is 35.9 Å². The zero-order valence-corrected chi connectivity index (χ0v) is 20.9. The largest absolute Gasteiger partial charge is 0.408 e. The SMILES string of the molecule is CCOCC.CCOP(=O)(OCC)N1C[C@@H]1C.C[C@@H](Cc1ccccc1)NOP=O. The average Bonchev–Trinajstić information content (AvgIpc) is 3.47. The molecule has 1 unspecified atom stereocenters. The molecular formula is C20H38N2O6P2. The maximum atomic E-state index is 11.9. The van der Waals surface area contributed by atoms with Crippen LogP contribution in [0, 0.1) is 0 Å². The van der Waals surface area contributed by atoms with Gasteiger partial charge in [0, 0.05) is 31.8 Å². The molecule has 30 heavy (non-hydrogen) atoms. The van der Waals surface area contributed by atoms with Gasteiger partial charge in [0.2, 0.25) is 0 Å². The number of hydroxylamine groups is 1. The highest BCUT2D eigenvalue weighted by molar-refractivity contribution is 7.51. The van der Waals surface area contributed by atoms with E-state index in [1.165, 1.54) is 5.56 Å². The van der Waals surface area contributed by atoms with E-state index in [2.05, 4.69) is 10.1 Å². The molecule has 1 aliphatic heterocycles. The fourth-order valence-corrected chi connectivity index (χ4v) is 4.57. The van der Waals surface area contributed by atoms with Crippen LogP contribution in [0.3, 0.4) is 0 Å². The Bertz CT molecular complexity index is 582. The van der Waals surface area contributed by atoms with Crippen molar-refractivity contribution in [3.63, 3.8) is 0 Å². The molecule has 0 aromatic heterocycles. The van der Waals surface area contributed by atoms with Gasteiger partial charge in [0.1, 0.15) is 0 Å². The van der Waals surface area contributed by atoms with Gasteiger partial charge in [-0.1, -0.05) is 30.3 Å². The van der Waals surface area contributed by atoms with E-state index in [1.54, 1.807) is 4.67 Å². The van der Waals surface area contributed by atoms with E-state index in [1.807, 2.05) is 71.9 Å². The van der Waals surface area contributed by atoms with Crippen LogP contribution < -0.4 is 5.48 Å². The first-order chi connectivity index (χ1) is 14.4. The molecule has 10 heteroatoms. The van der Waals surface area contributed by atoms with Crippen LogP contribution in [-0.2, 0) is 34.0 Å². The molecule has 1 heterocycles. The van der Waals surface area contributed by atoms with Crippen molar-refractivity contribution in [2.24, 2.45) is 0 Å². The Balaban J connectivity index is 0.000000461. The van der Waals surface area contributed by atoms with Gasteiger partial charge in [-0.2, -0.15) is 5.48 Å². The maximum absolute atomic E-state index is 11.9. The van der Waals surface area contributed by atoms with Gasteiger partial charge in [0.05, 0.1) is 13.2 Å². The van der Waals surface area contributed by atoms with Crippen LogP contribution in [0.4, 0.5) is 0 Å². The monoisotopic (exact) mass is 464 g/mol. The molecule has 0 aliphatic carbocycles. The number of hydrogen-bond donors (Lipinski definition) is 1. The van der Waals surface area contributed by atoms with Gasteiger partial charge in [0.25, 0.3) is 0 Å². The molecule has 1 aliphatic rings. The lowest BCUT2D eigenvalue weighted by Crippen LogP contribution is -2.25. The van der Waals surface area contributed by atoms with E-state index in [0.29, 0.717) is 19.3 Å². The smallest absolute Gasteiger partial charge is 0.382 e. The van der Waals surface area contributed by atoms with Crippen LogP contribution in [-0.4, -0.2) is 49.7 Å². The highest BCUT2D eigenvalue weighted by Gasteiger charge is 2.46. The first-order valence-electron chi connectivity index (χ1n) is 10.4. The summed E-state index contributed by atoms with van der Waals surface area (Å²) in [5.41, 5.74) is 3.89. The second-order valence-electron chi connectivity index (χ2n) is 6.43. The Morgan fingerprint density at radius 2 is 1.63 bits per heavy atom. The molecule has 2 rings (SSSR count). The summed E-state index contributed by atoms with van der Waals surface area (Å²) in [5, 5.41) is 0. The maximum Gasteiger partial charge on any atom is 0.408 e. The van der Waals surface area contributed by atoms with E-state index >= 15 is 0 Å². The average molecular weight is 464 g/mol. The normalized spacial score (nSPS) is 18.6. The molecule has 0 saturated carbocycles. The predicted octanol–water partition coefficient (Wildman–Crippen LogP) is 5.26. The van der Waals surface area contributed by atoms with E-state index in [0.717, 1.165) is 26.2 Å². The van der Waals surface area contributed by atoms with Crippen LogP contribution in [0.15, 0.2) is 30.3 Å². The zero-order valence-electron chi connectivity index (χ0n) is 19.1. The molecule has 0 amide bonds. The van der Waals surface area contributed by atoms with Crippen molar-refractivity contribution in [2.75, 3.05) is 33.0 Å². The van der Waals surface area contributed by atoms with Crippen LogP contribution in [0.5, 0.6) is 0 Å². The standard InChI is InChI=1S/C9H12NO2P.C7H16NO3P.C4H10O/c1-8(10-12-13-11)7-9-5-3-2-4-6-9;1-4-10-12(9,11-5-2)8-6-7(8)3;1-3-5-4-2/h2-6,8,10H,7H2,1H3;7H,4-6H2,1-3H3;3-4H2,1-2H3/t8-;7-,8?;/m00./s1. The number of hydrogen-bond acceptors (Lipinski definition) is 7. The quantitative estimate of drug-likeness (QED) is 0.255. The Morgan fingerprint density at radius 3 is 2.00 bits per heavy atom. The van der Waals surface area contributed by atoms with Crippen LogP contribution in [0.1, 0.15) is 47.1 Å². The molecule has 1 aromatic rings. The third kappa shape index (κ3) is 13.6. The van der Waals surface area contributed by atoms with Gasteiger partial charge in [-0.3, -0.25) is 9.05 Å². The summed E-state index contributed by atoms with van der Waals surface area (Å²) in [4.78, 5) is 0. The summed E-state index contributed by atoms with van der Waals surface area (Å²) in [6.45, 7) is 15.0. The Labute approximate surface area is 183 Å². The highest BCUT2D eigenvalue weighted by atomic mass is 31.2. The van der Waals surface area contributed by atoms with Crippen molar-refractivity contribution in [3.8, 4) is 0 Å². The molecule has 0 radical (unpaired) electrons. The minimum Gasteiger partial charge on any atom is -0.382 e. The molecule has 0 bridgehead atoms. The molecule has 1 fully saturated rings. The zero-order chi connectivity index (χ0) is 22.8. The lowest BCUT2D eigenvalue weighted by molar-refractivity contribution is 0.162. The van der Waals surface area contributed by atoms with E-state index < -0.39 is 7.75 Å². The number of ether oxygens (including phenoxy) is 1. The van der Waals surface area contributed by atoms with Gasteiger partial charge in [-0.15, -0.1) is 0 Å². The second-order valence-corrected chi connectivity index (χ2v) is 8.73. The van der Waals surface area contributed by atoms with Crippen LogP contribution in [0.2, 0.25) is 0 Å². The predicted molar refractivity (Wildman–Crippen MR) is 121 cm³/mol. The highest BCUT2D eigenvalue weighted by Crippen LogP contribution is 2.58. The fraction of sp³-hybridized carbons (Fsp3) is 0.700. The molecule has 0 spiro atoms.